The SMILES string of the molecule is C[C@@H](O)c1ccc(OCC2CN(C)CCO2)cc1F. The average molecular weight is 269 g/mol. The quantitative estimate of drug-likeness (QED) is 0.901. The fourth-order valence-electron chi connectivity index (χ4n) is 2.09. The summed E-state index contributed by atoms with van der Waals surface area (Å²) in [7, 11) is 2.03. The molecule has 1 fully saturated rings. The molecule has 2 atom stereocenters. The standard InChI is InChI=1S/C14H20FNO3/c1-10(17)13-4-3-11(7-14(13)15)19-9-12-8-16(2)5-6-18-12/h3-4,7,10,12,17H,5-6,8-9H2,1-2H3/t10-,12?/m1/s1. The van der Waals surface area contributed by atoms with E-state index in [-0.39, 0.29) is 11.7 Å². The maximum Gasteiger partial charge on any atom is 0.132 e. The van der Waals surface area contributed by atoms with Crippen LogP contribution in [0.5, 0.6) is 5.75 Å². The van der Waals surface area contributed by atoms with Crippen molar-refractivity contribution in [3.05, 3.63) is 29.6 Å². The molecule has 1 saturated heterocycles. The van der Waals surface area contributed by atoms with Crippen LogP contribution in [0.25, 0.3) is 0 Å². The second-order valence-corrected chi connectivity index (χ2v) is 4.93. The van der Waals surface area contributed by atoms with E-state index in [4.69, 9.17) is 9.47 Å². The van der Waals surface area contributed by atoms with Crippen molar-refractivity contribution >= 4 is 0 Å². The molecular formula is C14H20FNO3. The second-order valence-electron chi connectivity index (χ2n) is 4.93. The zero-order valence-electron chi connectivity index (χ0n) is 11.3. The van der Waals surface area contributed by atoms with Gasteiger partial charge >= 0.3 is 0 Å². The van der Waals surface area contributed by atoms with Crippen LogP contribution in [-0.4, -0.2) is 49.5 Å². The minimum absolute atomic E-state index is 0.0123. The molecule has 5 heteroatoms. The highest BCUT2D eigenvalue weighted by atomic mass is 19.1. The van der Waals surface area contributed by atoms with Crippen molar-refractivity contribution < 1.29 is 19.0 Å². The van der Waals surface area contributed by atoms with Gasteiger partial charge in [0.05, 0.1) is 12.7 Å². The first-order valence-electron chi connectivity index (χ1n) is 6.46. The molecule has 106 valence electrons. The van der Waals surface area contributed by atoms with Crippen LogP contribution < -0.4 is 4.74 Å². The molecule has 4 nitrogen and oxygen atoms in total. The Hall–Kier alpha value is -1.17. The minimum atomic E-state index is -0.815. The summed E-state index contributed by atoms with van der Waals surface area (Å²) in [6, 6.07) is 4.51. The molecule has 0 radical (unpaired) electrons. The van der Waals surface area contributed by atoms with E-state index in [1.807, 2.05) is 7.05 Å². The second kappa shape index (κ2) is 6.32. The third kappa shape index (κ3) is 3.89. The molecule has 1 heterocycles. The Morgan fingerprint density at radius 3 is 3.00 bits per heavy atom. The molecule has 1 aliphatic rings. The molecule has 1 aromatic carbocycles. The number of rotatable bonds is 4. The predicted molar refractivity (Wildman–Crippen MR) is 69.8 cm³/mol. The van der Waals surface area contributed by atoms with Crippen LogP contribution in [0.2, 0.25) is 0 Å². The van der Waals surface area contributed by atoms with Gasteiger partial charge in [0.2, 0.25) is 0 Å². The van der Waals surface area contributed by atoms with Gasteiger partial charge in [0.15, 0.2) is 0 Å². The van der Waals surface area contributed by atoms with Gasteiger partial charge in [0.25, 0.3) is 0 Å². The molecule has 1 aromatic rings. The summed E-state index contributed by atoms with van der Waals surface area (Å²) in [5.74, 6) is 0.00732. The number of aliphatic hydroxyl groups is 1. The summed E-state index contributed by atoms with van der Waals surface area (Å²) < 4.78 is 24.7. The maximum absolute atomic E-state index is 13.6. The van der Waals surface area contributed by atoms with Crippen LogP contribution in [0, 0.1) is 5.82 Å². The highest BCUT2D eigenvalue weighted by Crippen LogP contribution is 2.22. The Labute approximate surface area is 112 Å². The van der Waals surface area contributed by atoms with Crippen LogP contribution in [0.1, 0.15) is 18.6 Å². The van der Waals surface area contributed by atoms with Crippen LogP contribution in [-0.2, 0) is 4.74 Å². The topological polar surface area (TPSA) is 41.9 Å². The Bertz CT molecular complexity index is 425. The maximum atomic E-state index is 13.6. The number of morpholine rings is 1. The number of hydrogen-bond donors (Lipinski definition) is 1. The normalized spacial score (nSPS) is 22.2. The first-order chi connectivity index (χ1) is 9.06. The molecule has 2 rings (SSSR count). The molecule has 1 aliphatic heterocycles. The lowest BCUT2D eigenvalue weighted by Gasteiger charge is -2.29. The number of aliphatic hydroxyl groups excluding tert-OH is 1. The van der Waals surface area contributed by atoms with Crippen molar-refractivity contribution in [1.29, 1.82) is 0 Å². The Morgan fingerprint density at radius 2 is 2.37 bits per heavy atom. The van der Waals surface area contributed by atoms with Gasteiger partial charge in [-0.25, -0.2) is 4.39 Å². The molecule has 0 aliphatic carbocycles. The fourth-order valence-corrected chi connectivity index (χ4v) is 2.09. The van der Waals surface area contributed by atoms with Crippen LogP contribution in [0.15, 0.2) is 18.2 Å². The molecular weight excluding hydrogens is 249 g/mol. The van der Waals surface area contributed by atoms with Gasteiger partial charge in [0.1, 0.15) is 24.3 Å². The molecule has 1 N–H and O–H groups in total. The van der Waals surface area contributed by atoms with E-state index in [0.717, 1.165) is 13.1 Å². The number of nitrogens with zero attached hydrogens (tertiary/aromatic N) is 1. The van der Waals surface area contributed by atoms with E-state index in [1.54, 1.807) is 12.1 Å². The van der Waals surface area contributed by atoms with Crippen LogP contribution in [0.3, 0.4) is 0 Å². The van der Waals surface area contributed by atoms with Crippen molar-refractivity contribution in [3.8, 4) is 5.75 Å². The molecule has 0 aromatic heterocycles. The van der Waals surface area contributed by atoms with Crippen molar-refractivity contribution in [2.45, 2.75) is 19.1 Å². The van der Waals surface area contributed by atoms with Crippen LogP contribution >= 0.6 is 0 Å². The zero-order valence-corrected chi connectivity index (χ0v) is 11.3. The van der Waals surface area contributed by atoms with Crippen molar-refractivity contribution in [1.82, 2.24) is 4.90 Å². The van der Waals surface area contributed by atoms with Gasteiger partial charge in [-0.1, -0.05) is 0 Å². The first-order valence-corrected chi connectivity index (χ1v) is 6.46. The van der Waals surface area contributed by atoms with Gasteiger partial charge in [-0.3, -0.25) is 0 Å². The lowest BCUT2D eigenvalue weighted by atomic mass is 10.1. The zero-order chi connectivity index (χ0) is 13.8. The number of hydrogen-bond acceptors (Lipinski definition) is 4. The number of halogens is 1. The number of likely N-dealkylation sites (N-methyl/N-ethyl adjacent to an activating group) is 1. The van der Waals surface area contributed by atoms with E-state index in [9.17, 15) is 9.50 Å². The first kappa shape index (κ1) is 14.2. The average Bonchev–Trinajstić information content (AvgIpc) is 2.36. The Kier molecular flexibility index (Phi) is 4.74. The summed E-state index contributed by atoms with van der Waals surface area (Å²) in [5.41, 5.74) is 0.279. The third-order valence-electron chi connectivity index (χ3n) is 3.20. The fraction of sp³-hybridized carbons (Fsp3) is 0.571. The molecule has 1 unspecified atom stereocenters. The Balaban J connectivity index is 1.91. The summed E-state index contributed by atoms with van der Waals surface area (Å²) in [6.45, 7) is 4.37. The molecule has 0 amide bonds. The number of ether oxygens (including phenoxy) is 2. The highest BCUT2D eigenvalue weighted by Gasteiger charge is 2.18. The van der Waals surface area contributed by atoms with Gasteiger partial charge in [-0.15, -0.1) is 0 Å². The van der Waals surface area contributed by atoms with E-state index < -0.39 is 11.9 Å². The predicted octanol–water partition coefficient (Wildman–Crippen LogP) is 1.59. The van der Waals surface area contributed by atoms with Gasteiger partial charge in [-0.05, 0) is 26.1 Å². The monoisotopic (exact) mass is 269 g/mol. The van der Waals surface area contributed by atoms with E-state index in [1.165, 1.54) is 13.0 Å². The number of benzene rings is 1. The summed E-state index contributed by atoms with van der Waals surface area (Å²) >= 11 is 0. The van der Waals surface area contributed by atoms with Crippen molar-refractivity contribution in [3.63, 3.8) is 0 Å². The van der Waals surface area contributed by atoms with Crippen molar-refractivity contribution in [2.24, 2.45) is 0 Å². The van der Waals surface area contributed by atoms with E-state index in [2.05, 4.69) is 4.90 Å². The molecule has 0 bridgehead atoms. The smallest absolute Gasteiger partial charge is 0.132 e. The lowest BCUT2D eigenvalue weighted by Crippen LogP contribution is -2.42. The summed E-state index contributed by atoms with van der Waals surface area (Å²) in [4.78, 5) is 2.18. The van der Waals surface area contributed by atoms with Crippen LogP contribution in [0.4, 0.5) is 4.39 Å². The summed E-state index contributed by atoms with van der Waals surface area (Å²) in [6.07, 6.45) is -0.803. The molecule has 19 heavy (non-hydrogen) atoms. The minimum Gasteiger partial charge on any atom is -0.491 e. The largest absolute Gasteiger partial charge is 0.491 e. The van der Waals surface area contributed by atoms with Gasteiger partial charge in [-0.2, -0.15) is 0 Å². The van der Waals surface area contributed by atoms with E-state index >= 15 is 0 Å². The van der Waals surface area contributed by atoms with Gasteiger partial charge < -0.3 is 19.5 Å². The van der Waals surface area contributed by atoms with Crippen molar-refractivity contribution in [2.75, 3.05) is 33.4 Å². The highest BCUT2D eigenvalue weighted by molar-refractivity contribution is 5.30. The van der Waals surface area contributed by atoms with Gasteiger partial charge in [0, 0.05) is 24.7 Å². The molecule has 0 saturated carbocycles. The lowest BCUT2D eigenvalue weighted by molar-refractivity contribution is -0.0404. The summed E-state index contributed by atoms with van der Waals surface area (Å²) in [5, 5.41) is 9.35. The molecule has 0 spiro atoms. The Morgan fingerprint density at radius 1 is 1.58 bits per heavy atom. The third-order valence-corrected chi connectivity index (χ3v) is 3.20. The van der Waals surface area contributed by atoms with E-state index in [0.29, 0.717) is 19.0 Å².